The average molecular weight is 265 g/mol. The van der Waals surface area contributed by atoms with Gasteiger partial charge in [-0.1, -0.05) is 6.07 Å². The van der Waals surface area contributed by atoms with Crippen LogP contribution in [0.1, 0.15) is 0 Å². The smallest absolute Gasteiger partial charge is 0.313 e. The summed E-state index contributed by atoms with van der Waals surface area (Å²) in [6.07, 6.45) is 1.45. The minimum absolute atomic E-state index is 0.239. The lowest BCUT2D eigenvalue weighted by Crippen LogP contribution is -2.36. The second-order valence-electron chi connectivity index (χ2n) is 3.32. The summed E-state index contributed by atoms with van der Waals surface area (Å²) < 4.78 is 10.1. The molecule has 1 aromatic carbocycles. The third-order valence-corrected chi connectivity index (χ3v) is 2.19. The SMILES string of the molecule is COc1cccc(OC)c1NC(=O)C(=O)NC[C]=O. The lowest BCUT2D eigenvalue weighted by molar-refractivity contribution is -0.136. The molecule has 0 aliphatic rings. The first-order valence-corrected chi connectivity index (χ1v) is 5.29. The molecule has 0 spiro atoms. The number of nitrogens with one attached hydrogen (secondary N) is 2. The van der Waals surface area contributed by atoms with Gasteiger partial charge in [-0.15, -0.1) is 0 Å². The van der Waals surface area contributed by atoms with Gasteiger partial charge in [0.1, 0.15) is 17.2 Å². The number of rotatable bonds is 5. The van der Waals surface area contributed by atoms with Gasteiger partial charge in [-0.05, 0) is 12.1 Å². The van der Waals surface area contributed by atoms with Crippen LogP contribution in [0.5, 0.6) is 11.5 Å². The lowest BCUT2D eigenvalue weighted by atomic mass is 10.2. The van der Waals surface area contributed by atoms with Crippen molar-refractivity contribution in [2.75, 3.05) is 26.1 Å². The number of amides is 2. The van der Waals surface area contributed by atoms with E-state index in [2.05, 4.69) is 10.6 Å². The van der Waals surface area contributed by atoms with Crippen LogP contribution in [-0.4, -0.2) is 38.9 Å². The minimum atomic E-state index is -0.948. The van der Waals surface area contributed by atoms with Crippen molar-refractivity contribution in [3.8, 4) is 11.5 Å². The number of anilines is 1. The Balaban J connectivity index is 2.89. The molecule has 2 amide bonds. The quantitative estimate of drug-likeness (QED) is 0.723. The van der Waals surface area contributed by atoms with Crippen LogP contribution < -0.4 is 20.1 Å². The largest absolute Gasteiger partial charge is 0.494 e. The second kappa shape index (κ2) is 7.00. The summed E-state index contributed by atoms with van der Waals surface area (Å²) in [7, 11) is 2.84. The molecule has 0 bridgehead atoms. The zero-order valence-corrected chi connectivity index (χ0v) is 10.5. The van der Waals surface area contributed by atoms with Gasteiger partial charge in [0.2, 0.25) is 6.29 Å². The van der Waals surface area contributed by atoms with Gasteiger partial charge in [-0.25, -0.2) is 0 Å². The number of methoxy groups -OCH3 is 2. The van der Waals surface area contributed by atoms with Gasteiger partial charge in [0, 0.05) is 0 Å². The summed E-state index contributed by atoms with van der Waals surface area (Å²) in [4.78, 5) is 32.9. The van der Waals surface area contributed by atoms with E-state index >= 15 is 0 Å². The maximum Gasteiger partial charge on any atom is 0.313 e. The topological polar surface area (TPSA) is 93.7 Å². The molecule has 0 heterocycles. The molecular formula is C12H13N2O5. The Bertz CT molecular complexity index is 465. The Hall–Kier alpha value is -2.57. The molecule has 0 atom stereocenters. The third-order valence-electron chi connectivity index (χ3n) is 2.19. The molecule has 0 saturated carbocycles. The average Bonchev–Trinajstić information content (AvgIpc) is 2.44. The Labute approximate surface area is 109 Å². The van der Waals surface area contributed by atoms with Crippen LogP contribution in [0, 0.1) is 0 Å². The molecule has 1 aromatic rings. The molecule has 0 unspecified atom stereocenters. The first kappa shape index (κ1) is 14.5. The molecule has 0 aromatic heterocycles. The zero-order chi connectivity index (χ0) is 14.3. The maximum absolute atomic E-state index is 11.6. The van der Waals surface area contributed by atoms with E-state index < -0.39 is 11.8 Å². The lowest BCUT2D eigenvalue weighted by Gasteiger charge is -2.13. The van der Waals surface area contributed by atoms with Crippen molar-refractivity contribution in [2.45, 2.75) is 0 Å². The Morgan fingerprint density at radius 3 is 2.21 bits per heavy atom. The van der Waals surface area contributed by atoms with Crippen LogP contribution in [0.25, 0.3) is 0 Å². The van der Waals surface area contributed by atoms with Crippen molar-refractivity contribution in [2.24, 2.45) is 0 Å². The maximum atomic E-state index is 11.6. The van der Waals surface area contributed by atoms with Crippen LogP contribution in [0.3, 0.4) is 0 Å². The van der Waals surface area contributed by atoms with Crippen molar-refractivity contribution in [3.05, 3.63) is 18.2 Å². The predicted molar refractivity (Wildman–Crippen MR) is 66.9 cm³/mol. The number of carbonyl (C=O) groups excluding carboxylic acids is 3. The standard InChI is InChI=1S/C12H13N2O5/c1-18-8-4-3-5-9(19-2)10(8)14-12(17)11(16)13-6-7-15/h3-5H,6H2,1-2H3,(H,13,16)(H,14,17). The first-order chi connectivity index (χ1) is 9.13. The van der Waals surface area contributed by atoms with E-state index in [1.807, 2.05) is 0 Å². The molecule has 7 heteroatoms. The van der Waals surface area contributed by atoms with Crippen molar-refractivity contribution in [1.82, 2.24) is 5.32 Å². The summed E-state index contributed by atoms with van der Waals surface area (Å²) in [5.41, 5.74) is 0.239. The van der Waals surface area contributed by atoms with E-state index in [1.54, 1.807) is 18.2 Å². The highest BCUT2D eigenvalue weighted by molar-refractivity contribution is 6.40. The normalized spacial score (nSPS) is 9.37. The van der Waals surface area contributed by atoms with Crippen LogP contribution in [0.2, 0.25) is 0 Å². The minimum Gasteiger partial charge on any atom is -0.494 e. The van der Waals surface area contributed by atoms with E-state index in [0.717, 1.165) is 0 Å². The van der Waals surface area contributed by atoms with Gasteiger partial charge in [-0.2, -0.15) is 0 Å². The number of para-hydroxylation sites is 1. The first-order valence-electron chi connectivity index (χ1n) is 5.29. The summed E-state index contributed by atoms with van der Waals surface area (Å²) in [5.74, 6) is -1.18. The van der Waals surface area contributed by atoms with Crippen molar-refractivity contribution in [3.63, 3.8) is 0 Å². The Morgan fingerprint density at radius 1 is 1.16 bits per heavy atom. The van der Waals surface area contributed by atoms with Crippen LogP contribution in [-0.2, 0) is 14.4 Å². The van der Waals surface area contributed by atoms with Crippen molar-refractivity contribution >= 4 is 23.8 Å². The Morgan fingerprint density at radius 2 is 1.74 bits per heavy atom. The highest BCUT2D eigenvalue weighted by Crippen LogP contribution is 2.33. The molecule has 1 radical (unpaired) electrons. The van der Waals surface area contributed by atoms with Crippen LogP contribution >= 0.6 is 0 Å². The number of ether oxygens (including phenoxy) is 2. The Kier molecular flexibility index (Phi) is 5.34. The third kappa shape index (κ3) is 3.70. The van der Waals surface area contributed by atoms with Gasteiger partial charge >= 0.3 is 11.8 Å². The van der Waals surface area contributed by atoms with Crippen molar-refractivity contribution < 1.29 is 23.9 Å². The molecule has 19 heavy (non-hydrogen) atoms. The monoisotopic (exact) mass is 265 g/mol. The fourth-order valence-electron chi connectivity index (χ4n) is 1.34. The van der Waals surface area contributed by atoms with Gasteiger partial charge in [0.05, 0.1) is 20.8 Å². The summed E-state index contributed by atoms with van der Waals surface area (Å²) in [6.45, 7) is -0.352. The number of hydrogen-bond donors (Lipinski definition) is 2. The number of hydrogen-bond acceptors (Lipinski definition) is 5. The molecule has 0 aliphatic heterocycles. The molecule has 2 N–H and O–H groups in total. The molecular weight excluding hydrogens is 252 g/mol. The molecule has 0 aliphatic carbocycles. The van der Waals surface area contributed by atoms with Gasteiger partial charge in [-0.3, -0.25) is 14.4 Å². The van der Waals surface area contributed by atoms with Crippen LogP contribution in [0.4, 0.5) is 5.69 Å². The van der Waals surface area contributed by atoms with Gasteiger partial charge < -0.3 is 20.1 Å². The van der Waals surface area contributed by atoms with Crippen LogP contribution in [0.15, 0.2) is 18.2 Å². The number of carbonyl (C=O) groups is 2. The van der Waals surface area contributed by atoms with Crippen molar-refractivity contribution in [1.29, 1.82) is 0 Å². The molecule has 1 rings (SSSR count). The second-order valence-corrected chi connectivity index (χ2v) is 3.32. The van der Waals surface area contributed by atoms with Gasteiger partial charge in [0.15, 0.2) is 0 Å². The highest BCUT2D eigenvalue weighted by atomic mass is 16.5. The molecule has 0 saturated heterocycles. The summed E-state index contributed by atoms with van der Waals surface area (Å²) in [5, 5.41) is 4.43. The highest BCUT2D eigenvalue weighted by Gasteiger charge is 2.18. The van der Waals surface area contributed by atoms with E-state index in [0.29, 0.717) is 11.5 Å². The predicted octanol–water partition coefficient (Wildman–Crippen LogP) is -0.132. The fraction of sp³-hybridized carbons (Fsp3) is 0.250. The van der Waals surface area contributed by atoms with E-state index in [-0.39, 0.29) is 12.2 Å². The fourth-order valence-corrected chi connectivity index (χ4v) is 1.34. The molecule has 0 fully saturated rings. The zero-order valence-electron chi connectivity index (χ0n) is 10.5. The summed E-state index contributed by atoms with van der Waals surface area (Å²) >= 11 is 0. The van der Waals surface area contributed by atoms with E-state index in [4.69, 9.17) is 9.47 Å². The van der Waals surface area contributed by atoms with Gasteiger partial charge in [0.25, 0.3) is 0 Å². The molecule has 7 nitrogen and oxygen atoms in total. The summed E-state index contributed by atoms with van der Waals surface area (Å²) in [6, 6.07) is 4.89. The number of benzene rings is 1. The van der Waals surface area contributed by atoms with E-state index in [9.17, 15) is 14.4 Å². The molecule has 101 valence electrons. The van der Waals surface area contributed by atoms with E-state index in [1.165, 1.54) is 20.5 Å².